The Labute approximate surface area is 341 Å². The van der Waals surface area contributed by atoms with Gasteiger partial charge in [-0.25, -0.2) is 28.3 Å². The van der Waals surface area contributed by atoms with Gasteiger partial charge in [0.25, 0.3) is 0 Å². The Morgan fingerprint density at radius 3 is 1.59 bits per heavy atom. The number of alkyl halides is 2. The van der Waals surface area contributed by atoms with Crippen molar-refractivity contribution in [3.63, 3.8) is 0 Å². The topological polar surface area (TPSA) is 175 Å². The third kappa shape index (κ3) is 8.53. The molecule has 2 aromatic heterocycles. The fourth-order valence-electron chi connectivity index (χ4n) is 8.89. The predicted octanol–water partition coefficient (Wildman–Crippen LogP) is 7.25. The monoisotopic (exact) mass is 814 g/mol. The lowest BCUT2D eigenvalue weighted by molar-refractivity contribution is -0.159. The molecule has 1 saturated carbocycles. The highest BCUT2D eigenvalue weighted by Crippen LogP contribution is 2.60. The minimum absolute atomic E-state index is 0.125. The Morgan fingerprint density at radius 2 is 1.15 bits per heavy atom. The number of imidazole rings is 2. The Hall–Kier alpha value is -5.80. The molecule has 0 unspecified atom stereocenters. The summed E-state index contributed by atoms with van der Waals surface area (Å²) in [5, 5.41) is 5.30. The summed E-state index contributed by atoms with van der Waals surface area (Å²) in [5.41, 5.74) is 4.61. The summed E-state index contributed by atoms with van der Waals surface area (Å²) in [4.78, 5) is 71.0. The highest BCUT2D eigenvalue weighted by molar-refractivity contribution is 5.87. The molecule has 1 spiro atoms. The van der Waals surface area contributed by atoms with Crippen LogP contribution in [0.2, 0.25) is 0 Å². The number of likely N-dealkylation sites (tertiary alicyclic amines) is 2. The van der Waals surface area contributed by atoms with Gasteiger partial charge in [-0.1, -0.05) is 76.2 Å². The van der Waals surface area contributed by atoms with E-state index in [0.717, 1.165) is 46.5 Å². The number of H-pyrrole nitrogens is 2. The van der Waals surface area contributed by atoms with Crippen LogP contribution < -0.4 is 10.6 Å². The lowest BCUT2D eigenvalue weighted by Crippen LogP contribution is -2.53. The van der Waals surface area contributed by atoms with Crippen molar-refractivity contribution in [3.8, 4) is 33.6 Å². The molecule has 1 aliphatic carbocycles. The fourth-order valence-corrected chi connectivity index (χ4v) is 8.89. The number of halogens is 2. The number of methoxy groups -OCH3 is 2. The summed E-state index contributed by atoms with van der Waals surface area (Å²) < 4.78 is 37.9. The summed E-state index contributed by atoms with van der Waals surface area (Å²) in [6, 6.07) is 13.6. The normalized spacial score (nSPS) is 20.4. The first-order chi connectivity index (χ1) is 28.1. The molecule has 4 amide bonds. The molecule has 4 atom stereocenters. The van der Waals surface area contributed by atoms with Gasteiger partial charge in [-0.3, -0.25) is 9.59 Å². The Balaban J connectivity index is 1.03. The van der Waals surface area contributed by atoms with Gasteiger partial charge in [-0.05, 0) is 53.4 Å². The van der Waals surface area contributed by atoms with Gasteiger partial charge in [0.2, 0.25) is 17.7 Å². The van der Waals surface area contributed by atoms with Crippen molar-refractivity contribution >= 4 is 24.0 Å². The third-order valence-electron chi connectivity index (χ3n) is 11.9. The van der Waals surface area contributed by atoms with Gasteiger partial charge in [0.1, 0.15) is 23.7 Å². The second-order valence-electron chi connectivity index (χ2n) is 16.8. The van der Waals surface area contributed by atoms with Crippen LogP contribution in [0.1, 0.15) is 83.5 Å². The molecule has 4 N–H and O–H groups in total. The van der Waals surface area contributed by atoms with Crippen LogP contribution in [0.3, 0.4) is 0 Å². The van der Waals surface area contributed by atoms with Crippen LogP contribution in [0.4, 0.5) is 18.4 Å². The van der Waals surface area contributed by atoms with E-state index in [4.69, 9.17) is 9.47 Å². The molecule has 2 saturated heterocycles. The molecule has 16 heteroatoms. The zero-order valence-corrected chi connectivity index (χ0v) is 34.2. The average molecular weight is 815 g/mol. The molecule has 314 valence electrons. The molecule has 2 aliphatic heterocycles. The second-order valence-corrected chi connectivity index (χ2v) is 16.8. The lowest BCUT2D eigenvalue weighted by atomic mass is 9.65. The summed E-state index contributed by atoms with van der Waals surface area (Å²) in [5.74, 6) is -2.48. The van der Waals surface area contributed by atoms with Crippen molar-refractivity contribution in [2.45, 2.75) is 89.9 Å². The van der Waals surface area contributed by atoms with Gasteiger partial charge in [-0.15, -0.1) is 0 Å². The van der Waals surface area contributed by atoms with E-state index in [1.54, 1.807) is 22.2 Å². The highest BCUT2D eigenvalue weighted by atomic mass is 19.3. The molecule has 3 aliphatic rings. The van der Waals surface area contributed by atoms with E-state index in [1.807, 2.05) is 76.2 Å². The number of ether oxygens (including phenoxy) is 2. The van der Waals surface area contributed by atoms with Crippen LogP contribution in [0.5, 0.6) is 0 Å². The standard InChI is InChI=1S/C43H52F2N8O6/c1-24(2)34(50-40(56)58-5)38(54)52-17-7-8-32(52)36-46-19-30(48-36)28-13-9-26(10-14-28)27-11-15-29(16-12-27)31-20-47-37(49-31)33-18-42(21-43(44,45)22-42)23-53(33)39(55)35(25(3)4)51-41(57)59-6/h9-16,19-20,24-25,32-35H,7-8,17-18,21-23H2,1-6H3,(H,46,48)(H,47,49)(H,50,56)(H,51,57)/t32-,33-,34-,35-/m0/s1. The molecule has 0 radical (unpaired) electrons. The number of nitrogens with zero attached hydrogens (tertiary/aromatic N) is 4. The van der Waals surface area contributed by atoms with E-state index in [1.165, 1.54) is 14.2 Å². The number of hydrogen-bond acceptors (Lipinski definition) is 8. The Bertz CT molecular complexity index is 2160. The number of benzene rings is 2. The van der Waals surface area contributed by atoms with Gasteiger partial charge in [-0.2, -0.15) is 0 Å². The Morgan fingerprint density at radius 1 is 0.712 bits per heavy atom. The maximum atomic E-state index is 14.2. The first-order valence-corrected chi connectivity index (χ1v) is 20.1. The Kier molecular flexibility index (Phi) is 11.5. The van der Waals surface area contributed by atoms with Crippen LogP contribution in [-0.2, 0) is 19.1 Å². The van der Waals surface area contributed by atoms with Crippen molar-refractivity contribution in [3.05, 3.63) is 72.6 Å². The van der Waals surface area contributed by atoms with Crippen LogP contribution in [0, 0.1) is 17.3 Å². The maximum Gasteiger partial charge on any atom is 0.407 e. The van der Waals surface area contributed by atoms with Gasteiger partial charge < -0.3 is 39.9 Å². The second kappa shape index (κ2) is 16.5. The first-order valence-electron chi connectivity index (χ1n) is 20.1. The van der Waals surface area contributed by atoms with Crippen LogP contribution in [0.25, 0.3) is 33.6 Å². The summed E-state index contributed by atoms with van der Waals surface area (Å²) in [6.45, 7) is 8.11. The quantitative estimate of drug-likeness (QED) is 0.123. The van der Waals surface area contributed by atoms with Gasteiger partial charge in [0, 0.05) is 31.3 Å². The number of carbonyl (C=O) groups excluding carboxylic acids is 4. The van der Waals surface area contributed by atoms with Crippen molar-refractivity contribution in [1.82, 2.24) is 40.4 Å². The molecule has 14 nitrogen and oxygen atoms in total. The number of aromatic nitrogens is 4. The summed E-state index contributed by atoms with van der Waals surface area (Å²) in [6.07, 6.45) is 3.41. The van der Waals surface area contributed by atoms with Crippen molar-refractivity contribution in [1.29, 1.82) is 0 Å². The fraction of sp³-hybridized carbons (Fsp3) is 0.488. The first kappa shape index (κ1) is 41.4. The minimum Gasteiger partial charge on any atom is -0.453 e. The van der Waals surface area contributed by atoms with Gasteiger partial charge >= 0.3 is 12.2 Å². The zero-order chi connectivity index (χ0) is 42.2. The van der Waals surface area contributed by atoms with Crippen molar-refractivity contribution in [2.24, 2.45) is 17.3 Å². The number of carbonyl (C=O) groups is 4. The van der Waals surface area contributed by atoms with Gasteiger partial charge in [0.05, 0.1) is 50.1 Å². The zero-order valence-electron chi connectivity index (χ0n) is 34.2. The molecular formula is C43H52F2N8O6. The van der Waals surface area contributed by atoms with Gasteiger partial charge in [0.15, 0.2) is 0 Å². The largest absolute Gasteiger partial charge is 0.453 e. The molecule has 2 aromatic carbocycles. The molecule has 4 heterocycles. The number of rotatable bonds is 11. The number of amides is 4. The van der Waals surface area contributed by atoms with Crippen LogP contribution in [0.15, 0.2) is 60.9 Å². The predicted molar refractivity (Wildman–Crippen MR) is 215 cm³/mol. The van der Waals surface area contributed by atoms with Crippen LogP contribution in [-0.4, -0.2) is 99.1 Å². The van der Waals surface area contributed by atoms with E-state index < -0.39 is 41.6 Å². The molecule has 3 fully saturated rings. The number of alkyl carbamates (subject to hydrolysis) is 2. The number of nitrogens with one attached hydrogen (secondary N) is 4. The van der Waals surface area contributed by atoms with Crippen molar-refractivity contribution < 1.29 is 37.4 Å². The third-order valence-corrected chi connectivity index (χ3v) is 11.9. The molecular weight excluding hydrogens is 763 g/mol. The summed E-state index contributed by atoms with van der Waals surface area (Å²) in [7, 11) is 2.50. The number of hydrogen-bond donors (Lipinski definition) is 4. The molecule has 7 rings (SSSR count). The highest BCUT2D eigenvalue weighted by Gasteiger charge is 2.62. The van der Waals surface area contributed by atoms with Crippen molar-refractivity contribution in [2.75, 3.05) is 27.3 Å². The maximum absolute atomic E-state index is 14.2. The molecule has 0 bridgehead atoms. The van der Waals surface area contributed by atoms with E-state index in [9.17, 15) is 28.0 Å². The lowest BCUT2D eigenvalue weighted by Gasteiger charge is -2.44. The SMILES string of the molecule is COC(=O)N[C@H](C(=O)N1CCC[C@H]1c1ncc(-c2ccc(-c3ccc(-c4cnc([C@@H]5CC6(CN5C(=O)[C@@H](NC(=O)OC)C(C)C)CC(F)(F)C6)[nH]4)cc3)cc2)[nH]1)C(C)C. The molecule has 4 aromatic rings. The average Bonchev–Trinajstić information content (AvgIpc) is 4.04. The van der Waals surface area contributed by atoms with E-state index >= 15 is 0 Å². The minimum atomic E-state index is -2.77. The summed E-state index contributed by atoms with van der Waals surface area (Å²) >= 11 is 0. The number of aromatic amines is 2. The molecule has 59 heavy (non-hydrogen) atoms. The van der Waals surface area contributed by atoms with E-state index in [-0.39, 0.29) is 49.1 Å². The van der Waals surface area contributed by atoms with Crippen LogP contribution >= 0.6 is 0 Å². The smallest absolute Gasteiger partial charge is 0.407 e. The van der Waals surface area contributed by atoms with E-state index in [0.29, 0.717) is 24.6 Å². The van der Waals surface area contributed by atoms with E-state index in [2.05, 4.69) is 30.6 Å².